The summed E-state index contributed by atoms with van der Waals surface area (Å²) < 4.78 is 11.3. The molecule has 1 aliphatic carbocycles. The zero-order valence-electron chi connectivity index (χ0n) is 15.2. The molecule has 4 rings (SSSR count). The first-order chi connectivity index (χ1) is 13.2. The number of benzene rings is 2. The van der Waals surface area contributed by atoms with E-state index in [4.69, 9.17) is 20.8 Å². The first-order valence-electron chi connectivity index (χ1n) is 9.14. The number of methoxy groups -OCH3 is 1. The van der Waals surface area contributed by atoms with Crippen LogP contribution >= 0.6 is 11.6 Å². The molecule has 6 heteroatoms. The van der Waals surface area contributed by atoms with E-state index in [1.807, 2.05) is 23.1 Å². The van der Waals surface area contributed by atoms with Crippen LogP contribution in [0.1, 0.15) is 41.9 Å². The molecule has 1 amide bonds. The number of halogens is 1. The lowest BCUT2D eigenvalue weighted by Crippen LogP contribution is -2.38. The van der Waals surface area contributed by atoms with E-state index in [2.05, 4.69) is 4.98 Å². The Kier molecular flexibility index (Phi) is 5.03. The Morgan fingerprint density at radius 3 is 2.81 bits per heavy atom. The van der Waals surface area contributed by atoms with Gasteiger partial charge in [-0.25, -0.2) is 4.98 Å². The van der Waals surface area contributed by atoms with Crippen molar-refractivity contribution in [2.45, 2.75) is 38.3 Å². The third kappa shape index (κ3) is 3.65. The number of carbonyl (C=O) groups is 1. The van der Waals surface area contributed by atoms with Crippen LogP contribution in [0.4, 0.5) is 0 Å². The van der Waals surface area contributed by atoms with Crippen LogP contribution in [0.15, 0.2) is 46.9 Å². The topological polar surface area (TPSA) is 55.6 Å². The fourth-order valence-corrected chi connectivity index (χ4v) is 3.89. The molecule has 27 heavy (non-hydrogen) atoms. The second-order valence-corrected chi connectivity index (χ2v) is 7.23. The van der Waals surface area contributed by atoms with Crippen LogP contribution < -0.4 is 4.74 Å². The molecule has 0 N–H and O–H groups in total. The second-order valence-electron chi connectivity index (χ2n) is 6.79. The van der Waals surface area contributed by atoms with Crippen molar-refractivity contribution < 1.29 is 13.9 Å². The van der Waals surface area contributed by atoms with Gasteiger partial charge in [-0.1, -0.05) is 36.6 Å². The lowest BCUT2D eigenvalue weighted by molar-refractivity contribution is 0.0642. The average molecular weight is 385 g/mol. The van der Waals surface area contributed by atoms with E-state index < -0.39 is 0 Å². The minimum Gasteiger partial charge on any atom is -0.496 e. The van der Waals surface area contributed by atoms with Gasteiger partial charge in [0.2, 0.25) is 5.89 Å². The second kappa shape index (κ2) is 7.61. The number of rotatable bonds is 5. The first kappa shape index (κ1) is 17.9. The molecular weight excluding hydrogens is 364 g/mol. The number of hydrogen-bond donors (Lipinski definition) is 0. The third-order valence-electron chi connectivity index (χ3n) is 5.06. The number of para-hydroxylation sites is 1. The molecule has 1 fully saturated rings. The van der Waals surface area contributed by atoms with Gasteiger partial charge in [0.15, 0.2) is 5.58 Å². The van der Waals surface area contributed by atoms with Gasteiger partial charge in [0.25, 0.3) is 5.91 Å². The minimum atomic E-state index is -0.0559. The minimum absolute atomic E-state index is 0.0559. The molecule has 3 aromatic rings. The predicted molar refractivity (Wildman–Crippen MR) is 104 cm³/mol. The normalized spacial score (nSPS) is 14.6. The standard InChI is InChI=1S/C21H21ClN2O3/c1-26-18-9-5-4-8-16(18)21(25)24(15-6-2-3-7-15)13-20-23-17-12-14(22)10-11-19(17)27-20/h4-5,8-12,15H,2-3,6-7,13H2,1H3. The van der Waals surface area contributed by atoms with Crippen molar-refractivity contribution in [1.82, 2.24) is 9.88 Å². The molecule has 0 unspecified atom stereocenters. The lowest BCUT2D eigenvalue weighted by atomic mass is 10.1. The molecule has 0 saturated heterocycles. The molecule has 0 aliphatic heterocycles. The van der Waals surface area contributed by atoms with Crippen LogP contribution in [-0.4, -0.2) is 28.9 Å². The van der Waals surface area contributed by atoms with Crippen LogP contribution in [0.2, 0.25) is 5.02 Å². The van der Waals surface area contributed by atoms with Crippen molar-refractivity contribution in [3.63, 3.8) is 0 Å². The van der Waals surface area contributed by atoms with E-state index in [0.717, 1.165) is 25.7 Å². The quantitative estimate of drug-likeness (QED) is 0.615. The van der Waals surface area contributed by atoms with Crippen LogP contribution in [0.3, 0.4) is 0 Å². The zero-order chi connectivity index (χ0) is 18.8. The molecule has 0 spiro atoms. The van der Waals surface area contributed by atoms with Gasteiger partial charge < -0.3 is 14.1 Å². The molecule has 1 aliphatic rings. The van der Waals surface area contributed by atoms with Gasteiger partial charge in [-0.15, -0.1) is 0 Å². The van der Waals surface area contributed by atoms with E-state index in [1.54, 1.807) is 31.4 Å². The summed E-state index contributed by atoms with van der Waals surface area (Å²) in [6.45, 7) is 0.327. The summed E-state index contributed by atoms with van der Waals surface area (Å²) in [4.78, 5) is 19.7. The number of ether oxygens (including phenoxy) is 1. The number of aromatic nitrogens is 1. The van der Waals surface area contributed by atoms with Gasteiger partial charge in [0.1, 0.15) is 11.3 Å². The van der Waals surface area contributed by atoms with Crippen LogP contribution in [0.25, 0.3) is 11.1 Å². The summed E-state index contributed by atoms with van der Waals surface area (Å²) in [6, 6.07) is 12.8. The Hall–Kier alpha value is -2.53. The highest BCUT2D eigenvalue weighted by Gasteiger charge is 2.30. The van der Waals surface area contributed by atoms with E-state index in [9.17, 15) is 4.79 Å². The van der Waals surface area contributed by atoms with Crippen molar-refractivity contribution in [3.05, 3.63) is 58.9 Å². The van der Waals surface area contributed by atoms with Gasteiger partial charge >= 0.3 is 0 Å². The molecule has 140 valence electrons. The Balaban J connectivity index is 1.67. The van der Waals surface area contributed by atoms with Crippen molar-refractivity contribution in [2.75, 3.05) is 7.11 Å². The van der Waals surface area contributed by atoms with Gasteiger partial charge in [-0.3, -0.25) is 4.79 Å². The van der Waals surface area contributed by atoms with E-state index in [1.165, 1.54) is 0 Å². The molecule has 0 radical (unpaired) electrons. The Bertz CT molecular complexity index is 963. The summed E-state index contributed by atoms with van der Waals surface area (Å²) in [5.41, 5.74) is 1.94. The van der Waals surface area contributed by atoms with Gasteiger partial charge in [-0.05, 0) is 43.2 Å². The summed E-state index contributed by atoms with van der Waals surface area (Å²) in [7, 11) is 1.58. The molecule has 0 atom stereocenters. The summed E-state index contributed by atoms with van der Waals surface area (Å²) >= 11 is 6.04. The summed E-state index contributed by atoms with van der Waals surface area (Å²) in [5.74, 6) is 1.04. The smallest absolute Gasteiger partial charge is 0.258 e. The number of carbonyl (C=O) groups excluding carboxylic acids is 1. The van der Waals surface area contributed by atoms with Gasteiger partial charge in [0, 0.05) is 11.1 Å². The number of amides is 1. The first-order valence-corrected chi connectivity index (χ1v) is 9.52. The van der Waals surface area contributed by atoms with Gasteiger partial charge in [0.05, 0.1) is 19.2 Å². The maximum atomic E-state index is 13.3. The fourth-order valence-electron chi connectivity index (χ4n) is 3.72. The van der Waals surface area contributed by atoms with E-state index in [-0.39, 0.29) is 11.9 Å². The van der Waals surface area contributed by atoms with Crippen LogP contribution in [0, 0.1) is 0 Å². The molecule has 1 saturated carbocycles. The van der Waals surface area contributed by atoms with Crippen LogP contribution in [-0.2, 0) is 6.54 Å². The molecule has 0 bridgehead atoms. The molecule has 1 heterocycles. The van der Waals surface area contributed by atoms with Crippen molar-refractivity contribution in [3.8, 4) is 5.75 Å². The molecule has 1 aromatic heterocycles. The number of hydrogen-bond acceptors (Lipinski definition) is 4. The lowest BCUT2D eigenvalue weighted by Gasteiger charge is -2.28. The largest absolute Gasteiger partial charge is 0.496 e. The number of fused-ring (bicyclic) bond motifs is 1. The maximum absolute atomic E-state index is 13.3. The summed E-state index contributed by atoms with van der Waals surface area (Å²) in [5, 5.41) is 0.611. The highest BCUT2D eigenvalue weighted by Crippen LogP contribution is 2.29. The van der Waals surface area contributed by atoms with E-state index in [0.29, 0.717) is 39.9 Å². The number of nitrogens with zero attached hydrogens (tertiary/aromatic N) is 2. The predicted octanol–water partition coefficient (Wildman–Crippen LogP) is 5.07. The average Bonchev–Trinajstić information content (AvgIpc) is 3.34. The fraction of sp³-hybridized carbons (Fsp3) is 0.333. The highest BCUT2D eigenvalue weighted by molar-refractivity contribution is 6.31. The van der Waals surface area contributed by atoms with Crippen LogP contribution in [0.5, 0.6) is 5.75 Å². The maximum Gasteiger partial charge on any atom is 0.258 e. The Labute approximate surface area is 162 Å². The van der Waals surface area contributed by atoms with Crippen molar-refractivity contribution in [2.24, 2.45) is 0 Å². The van der Waals surface area contributed by atoms with Crippen molar-refractivity contribution in [1.29, 1.82) is 0 Å². The Morgan fingerprint density at radius 2 is 2.04 bits per heavy atom. The van der Waals surface area contributed by atoms with Crippen molar-refractivity contribution >= 4 is 28.6 Å². The Morgan fingerprint density at radius 1 is 1.26 bits per heavy atom. The highest BCUT2D eigenvalue weighted by atomic mass is 35.5. The SMILES string of the molecule is COc1ccccc1C(=O)N(Cc1nc2cc(Cl)ccc2o1)C1CCCC1. The molecule has 2 aromatic carbocycles. The monoisotopic (exact) mass is 384 g/mol. The van der Waals surface area contributed by atoms with E-state index >= 15 is 0 Å². The third-order valence-corrected chi connectivity index (χ3v) is 5.30. The molecular formula is C21H21ClN2O3. The molecule has 5 nitrogen and oxygen atoms in total. The summed E-state index contributed by atoms with van der Waals surface area (Å²) in [6.07, 6.45) is 4.24. The zero-order valence-corrected chi connectivity index (χ0v) is 15.9. The van der Waals surface area contributed by atoms with Gasteiger partial charge in [-0.2, -0.15) is 0 Å². The number of oxazole rings is 1.